The zero-order chi connectivity index (χ0) is 9.42. The summed E-state index contributed by atoms with van der Waals surface area (Å²) in [5.74, 6) is 0.759. The van der Waals surface area contributed by atoms with E-state index in [2.05, 4.69) is 4.98 Å². The molecule has 3 nitrogen and oxygen atoms in total. The summed E-state index contributed by atoms with van der Waals surface area (Å²) in [5.41, 5.74) is 2.37. The molecule has 0 spiro atoms. The first kappa shape index (κ1) is 8.23. The first-order chi connectivity index (χ1) is 6.18. The quantitative estimate of drug-likeness (QED) is 0.605. The first-order valence-corrected chi connectivity index (χ1v) is 4.33. The maximum atomic E-state index is 11.4. The number of carbonyl (C=O) groups excluding carboxylic acids is 1. The molecule has 0 bridgehead atoms. The number of aryl methyl sites for hydroxylation is 2. The van der Waals surface area contributed by atoms with Gasteiger partial charge in [0.15, 0.2) is 11.5 Å². The lowest BCUT2D eigenvalue weighted by Crippen LogP contribution is -2.18. The molecule has 0 aliphatic carbocycles. The Labute approximate surface area is 76.7 Å². The Bertz CT molecular complexity index is 371. The number of aromatic nitrogens is 1. The van der Waals surface area contributed by atoms with E-state index in [-0.39, 0.29) is 5.78 Å². The summed E-state index contributed by atoms with van der Waals surface area (Å²) in [6.07, 6.45) is 0.447. The van der Waals surface area contributed by atoms with Gasteiger partial charge in [-0.05, 0) is 25.5 Å². The SMILES string of the molecule is Cc1cc(C)c2c(n1)C(=O)CCO2. The van der Waals surface area contributed by atoms with Gasteiger partial charge < -0.3 is 4.74 Å². The summed E-state index contributed by atoms with van der Waals surface area (Å²) in [5, 5.41) is 0. The van der Waals surface area contributed by atoms with Gasteiger partial charge in [0.05, 0.1) is 6.61 Å². The first-order valence-electron chi connectivity index (χ1n) is 4.33. The second-order valence-electron chi connectivity index (χ2n) is 3.28. The molecule has 0 fully saturated rings. The number of ether oxygens (including phenoxy) is 1. The average molecular weight is 177 g/mol. The highest BCUT2D eigenvalue weighted by atomic mass is 16.5. The van der Waals surface area contributed by atoms with Gasteiger partial charge in [-0.3, -0.25) is 4.79 Å². The number of Topliss-reactive ketones (excluding diaryl/α,β-unsaturated/α-hetero) is 1. The highest BCUT2D eigenvalue weighted by molar-refractivity contribution is 5.98. The maximum absolute atomic E-state index is 11.4. The van der Waals surface area contributed by atoms with E-state index in [0.717, 1.165) is 11.3 Å². The minimum absolute atomic E-state index is 0.0908. The van der Waals surface area contributed by atoms with E-state index in [1.807, 2.05) is 19.9 Å². The molecule has 0 radical (unpaired) electrons. The number of fused-ring (bicyclic) bond motifs is 1. The molecule has 0 aromatic carbocycles. The lowest BCUT2D eigenvalue weighted by molar-refractivity contribution is 0.0925. The van der Waals surface area contributed by atoms with Crippen LogP contribution in [0.5, 0.6) is 5.75 Å². The van der Waals surface area contributed by atoms with Crippen molar-refractivity contribution < 1.29 is 9.53 Å². The second kappa shape index (κ2) is 2.83. The monoisotopic (exact) mass is 177 g/mol. The number of pyridine rings is 1. The van der Waals surface area contributed by atoms with E-state index in [4.69, 9.17) is 4.74 Å². The Balaban J connectivity index is 2.63. The van der Waals surface area contributed by atoms with Crippen molar-refractivity contribution in [2.75, 3.05) is 6.61 Å². The molecule has 0 saturated heterocycles. The molecular formula is C10H11NO2. The Kier molecular flexibility index (Phi) is 1.79. The van der Waals surface area contributed by atoms with Crippen LogP contribution < -0.4 is 4.74 Å². The molecule has 2 heterocycles. The normalized spacial score (nSPS) is 15.1. The summed E-state index contributed by atoms with van der Waals surface area (Å²) >= 11 is 0. The third kappa shape index (κ3) is 1.30. The molecular weight excluding hydrogens is 166 g/mol. The van der Waals surface area contributed by atoms with Gasteiger partial charge in [-0.25, -0.2) is 4.98 Å². The fraction of sp³-hybridized carbons (Fsp3) is 0.400. The van der Waals surface area contributed by atoms with Crippen LogP contribution in [0.25, 0.3) is 0 Å². The number of hydrogen-bond donors (Lipinski definition) is 0. The van der Waals surface area contributed by atoms with E-state index in [0.29, 0.717) is 24.5 Å². The lowest BCUT2D eigenvalue weighted by Gasteiger charge is -2.17. The largest absolute Gasteiger partial charge is 0.490 e. The molecule has 1 aromatic heterocycles. The zero-order valence-corrected chi connectivity index (χ0v) is 7.76. The molecule has 0 amide bonds. The van der Waals surface area contributed by atoms with Crippen molar-refractivity contribution in [1.29, 1.82) is 0 Å². The van der Waals surface area contributed by atoms with Crippen molar-refractivity contribution in [2.24, 2.45) is 0 Å². The van der Waals surface area contributed by atoms with Crippen LogP contribution in [0.3, 0.4) is 0 Å². The van der Waals surface area contributed by atoms with Crippen LogP contribution in [0.2, 0.25) is 0 Å². The van der Waals surface area contributed by atoms with Crippen LogP contribution in [0.15, 0.2) is 6.07 Å². The van der Waals surface area contributed by atoms with Crippen molar-refractivity contribution >= 4 is 5.78 Å². The molecule has 3 heteroatoms. The van der Waals surface area contributed by atoms with E-state index < -0.39 is 0 Å². The number of ketones is 1. The minimum atomic E-state index is 0.0908. The Morgan fingerprint density at radius 2 is 2.23 bits per heavy atom. The highest BCUT2D eigenvalue weighted by Crippen LogP contribution is 2.27. The lowest BCUT2D eigenvalue weighted by atomic mass is 10.1. The van der Waals surface area contributed by atoms with Crippen molar-refractivity contribution in [1.82, 2.24) is 4.98 Å². The summed E-state index contributed by atoms with van der Waals surface area (Å²) in [6.45, 7) is 4.30. The van der Waals surface area contributed by atoms with Crippen LogP contribution in [0.1, 0.15) is 28.2 Å². The van der Waals surface area contributed by atoms with Crippen molar-refractivity contribution in [2.45, 2.75) is 20.3 Å². The number of hydrogen-bond acceptors (Lipinski definition) is 3. The Morgan fingerprint density at radius 1 is 1.46 bits per heavy atom. The van der Waals surface area contributed by atoms with Gasteiger partial charge in [0.1, 0.15) is 5.69 Å². The van der Waals surface area contributed by atoms with Gasteiger partial charge >= 0.3 is 0 Å². The number of rotatable bonds is 0. The fourth-order valence-corrected chi connectivity index (χ4v) is 1.56. The molecule has 1 aromatic rings. The smallest absolute Gasteiger partial charge is 0.188 e. The average Bonchev–Trinajstić information content (AvgIpc) is 2.07. The molecule has 2 rings (SSSR count). The van der Waals surface area contributed by atoms with Gasteiger partial charge in [-0.15, -0.1) is 0 Å². The molecule has 1 aliphatic rings. The predicted molar refractivity (Wildman–Crippen MR) is 48.2 cm³/mol. The maximum Gasteiger partial charge on any atom is 0.188 e. The van der Waals surface area contributed by atoms with Gasteiger partial charge in [-0.2, -0.15) is 0 Å². The predicted octanol–water partition coefficient (Wildman–Crippen LogP) is 1.66. The van der Waals surface area contributed by atoms with Crippen LogP contribution >= 0.6 is 0 Å². The van der Waals surface area contributed by atoms with Crippen molar-refractivity contribution in [3.63, 3.8) is 0 Å². The summed E-state index contributed by atoms with van der Waals surface area (Å²) in [4.78, 5) is 15.6. The van der Waals surface area contributed by atoms with Gasteiger partial charge in [-0.1, -0.05) is 0 Å². The van der Waals surface area contributed by atoms with Crippen LogP contribution in [-0.4, -0.2) is 17.4 Å². The third-order valence-electron chi connectivity index (χ3n) is 2.13. The molecule has 0 saturated carbocycles. The zero-order valence-electron chi connectivity index (χ0n) is 7.76. The van der Waals surface area contributed by atoms with E-state index >= 15 is 0 Å². The highest BCUT2D eigenvalue weighted by Gasteiger charge is 2.21. The molecule has 0 N–H and O–H groups in total. The molecule has 0 atom stereocenters. The Hall–Kier alpha value is -1.38. The van der Waals surface area contributed by atoms with Crippen LogP contribution in [0, 0.1) is 13.8 Å². The molecule has 13 heavy (non-hydrogen) atoms. The molecule has 1 aliphatic heterocycles. The minimum Gasteiger partial charge on any atom is -0.490 e. The summed E-state index contributed by atoms with van der Waals surface area (Å²) in [7, 11) is 0. The summed E-state index contributed by atoms with van der Waals surface area (Å²) in [6, 6.07) is 1.93. The molecule has 68 valence electrons. The topological polar surface area (TPSA) is 39.2 Å². The van der Waals surface area contributed by atoms with Crippen molar-refractivity contribution in [3.8, 4) is 5.75 Å². The molecule has 0 unspecified atom stereocenters. The van der Waals surface area contributed by atoms with Crippen LogP contribution in [0.4, 0.5) is 0 Å². The van der Waals surface area contributed by atoms with Crippen LogP contribution in [-0.2, 0) is 0 Å². The second-order valence-corrected chi connectivity index (χ2v) is 3.28. The van der Waals surface area contributed by atoms with E-state index in [9.17, 15) is 4.79 Å². The standard InChI is InChI=1S/C10H11NO2/c1-6-5-7(2)11-9-8(12)3-4-13-10(6)9/h5H,3-4H2,1-2H3. The summed E-state index contributed by atoms with van der Waals surface area (Å²) < 4.78 is 5.40. The van der Waals surface area contributed by atoms with Gasteiger partial charge in [0.25, 0.3) is 0 Å². The number of nitrogens with zero attached hydrogens (tertiary/aromatic N) is 1. The fourth-order valence-electron chi connectivity index (χ4n) is 1.56. The Morgan fingerprint density at radius 3 is 3.00 bits per heavy atom. The van der Waals surface area contributed by atoms with Gasteiger partial charge in [0, 0.05) is 12.1 Å². The van der Waals surface area contributed by atoms with Crippen molar-refractivity contribution in [3.05, 3.63) is 23.0 Å². The van der Waals surface area contributed by atoms with E-state index in [1.54, 1.807) is 0 Å². The number of carbonyl (C=O) groups is 1. The van der Waals surface area contributed by atoms with Gasteiger partial charge in [0.2, 0.25) is 0 Å². The van der Waals surface area contributed by atoms with E-state index in [1.165, 1.54) is 0 Å². The third-order valence-corrected chi connectivity index (χ3v) is 2.13.